The third-order valence-electron chi connectivity index (χ3n) is 5.18. The molecule has 1 amide bonds. The van der Waals surface area contributed by atoms with E-state index < -0.39 is 10.0 Å². The zero-order chi connectivity index (χ0) is 18.5. The van der Waals surface area contributed by atoms with Gasteiger partial charge in [0.05, 0.1) is 4.90 Å². The Hall–Kier alpha value is -1.70. The van der Waals surface area contributed by atoms with E-state index in [1.54, 1.807) is 18.2 Å². The van der Waals surface area contributed by atoms with E-state index >= 15 is 0 Å². The molecule has 1 saturated carbocycles. The van der Waals surface area contributed by atoms with Crippen LogP contribution in [0, 0.1) is 5.92 Å². The maximum Gasteiger partial charge on any atom is 0.240 e. The van der Waals surface area contributed by atoms with Gasteiger partial charge in [-0.3, -0.25) is 4.79 Å². The first-order chi connectivity index (χ1) is 12.4. The fraction of sp³-hybridized carbons (Fsp3) is 0.316. The maximum atomic E-state index is 13.0. The average molecular weight is 435 g/mol. The molecule has 4 rings (SSSR count). The Kier molecular flexibility index (Phi) is 4.41. The second-order valence-electron chi connectivity index (χ2n) is 6.74. The smallest absolute Gasteiger partial charge is 0.240 e. The van der Waals surface area contributed by atoms with E-state index in [9.17, 15) is 13.2 Å². The summed E-state index contributed by atoms with van der Waals surface area (Å²) in [5.74, 6) is 0.418. The number of fused-ring (bicyclic) bond motifs is 1. The zero-order valence-corrected chi connectivity index (χ0v) is 16.7. The van der Waals surface area contributed by atoms with Crippen molar-refractivity contribution in [3.8, 4) is 0 Å². The van der Waals surface area contributed by atoms with E-state index in [0.29, 0.717) is 13.0 Å². The van der Waals surface area contributed by atoms with Crippen LogP contribution >= 0.6 is 15.9 Å². The number of nitrogens with one attached hydrogen (secondary N) is 1. The van der Waals surface area contributed by atoms with Gasteiger partial charge in [-0.1, -0.05) is 28.1 Å². The summed E-state index contributed by atoms with van der Waals surface area (Å²) in [7, 11) is -2.07. The predicted octanol–water partition coefficient (Wildman–Crippen LogP) is 3.05. The van der Waals surface area contributed by atoms with Crippen LogP contribution in [0.1, 0.15) is 23.5 Å². The van der Waals surface area contributed by atoms with E-state index in [0.717, 1.165) is 22.1 Å². The highest BCUT2D eigenvalue weighted by atomic mass is 79.9. The van der Waals surface area contributed by atoms with Crippen molar-refractivity contribution in [1.29, 1.82) is 0 Å². The lowest BCUT2D eigenvalue weighted by atomic mass is 10.1. The monoisotopic (exact) mass is 434 g/mol. The Bertz CT molecular complexity index is 990. The number of sulfonamides is 1. The summed E-state index contributed by atoms with van der Waals surface area (Å²) in [5, 5.41) is 0. The number of amides is 1. The van der Waals surface area contributed by atoms with E-state index in [-0.39, 0.29) is 22.6 Å². The van der Waals surface area contributed by atoms with E-state index in [1.165, 1.54) is 12.6 Å². The van der Waals surface area contributed by atoms with Crippen LogP contribution in [0.15, 0.2) is 51.8 Å². The summed E-state index contributed by atoms with van der Waals surface area (Å²) in [5.41, 5.74) is 2.94. The molecule has 5 nitrogen and oxygen atoms in total. The van der Waals surface area contributed by atoms with Gasteiger partial charge < -0.3 is 4.90 Å². The molecule has 1 fully saturated rings. The lowest BCUT2D eigenvalue weighted by molar-refractivity contribution is -0.119. The molecular formula is C19H19BrN2O3S. The van der Waals surface area contributed by atoms with Gasteiger partial charge in [0.15, 0.2) is 0 Å². The molecule has 7 heteroatoms. The summed E-state index contributed by atoms with van der Waals surface area (Å²) in [6, 6.07) is 13.1. The zero-order valence-electron chi connectivity index (χ0n) is 14.3. The fourth-order valence-corrected chi connectivity index (χ4v) is 4.86. The molecule has 1 aliphatic carbocycles. The minimum absolute atomic E-state index is 0.0102. The van der Waals surface area contributed by atoms with Crippen molar-refractivity contribution in [3.05, 3.63) is 58.1 Å². The van der Waals surface area contributed by atoms with Crippen molar-refractivity contribution >= 4 is 37.5 Å². The highest BCUT2D eigenvalue weighted by Crippen LogP contribution is 2.50. The van der Waals surface area contributed by atoms with Gasteiger partial charge in [0.2, 0.25) is 15.9 Å². The largest absolute Gasteiger partial charge is 0.312 e. The van der Waals surface area contributed by atoms with Gasteiger partial charge in [-0.05, 0) is 67.3 Å². The SMILES string of the molecule is CNS(=O)(=O)c1ccc2c(c1)CCN2C(=O)C1CC1c1cccc(Br)c1. The van der Waals surface area contributed by atoms with Crippen molar-refractivity contribution in [2.24, 2.45) is 5.92 Å². The Balaban J connectivity index is 1.54. The number of hydrogen-bond donors (Lipinski definition) is 1. The van der Waals surface area contributed by atoms with Crippen molar-refractivity contribution in [2.75, 3.05) is 18.5 Å². The third-order valence-corrected chi connectivity index (χ3v) is 7.08. The van der Waals surface area contributed by atoms with Crippen LogP contribution in [-0.2, 0) is 21.2 Å². The number of carbonyl (C=O) groups excluding carboxylic acids is 1. The lowest BCUT2D eigenvalue weighted by Gasteiger charge is -2.18. The standard InChI is InChI=1S/C19H19BrN2O3S/c1-21-26(24,25)15-5-6-18-13(10-15)7-8-22(18)19(23)17-11-16(17)12-3-2-4-14(20)9-12/h2-6,9-10,16-17,21H,7-8,11H2,1H3. The van der Waals surface area contributed by atoms with Crippen LogP contribution < -0.4 is 9.62 Å². The lowest BCUT2D eigenvalue weighted by Crippen LogP contribution is -2.30. The van der Waals surface area contributed by atoms with Gasteiger partial charge in [-0.2, -0.15) is 0 Å². The number of halogens is 1. The number of benzene rings is 2. The fourth-order valence-electron chi connectivity index (χ4n) is 3.67. The Morgan fingerprint density at radius 1 is 1.23 bits per heavy atom. The van der Waals surface area contributed by atoms with Gasteiger partial charge in [0.25, 0.3) is 0 Å². The first kappa shape index (κ1) is 17.7. The quantitative estimate of drug-likeness (QED) is 0.803. The topological polar surface area (TPSA) is 66.5 Å². The molecule has 1 heterocycles. The van der Waals surface area contributed by atoms with Gasteiger partial charge in [-0.15, -0.1) is 0 Å². The molecule has 1 N–H and O–H groups in total. The summed E-state index contributed by atoms with van der Waals surface area (Å²) < 4.78 is 27.3. The predicted molar refractivity (Wildman–Crippen MR) is 104 cm³/mol. The van der Waals surface area contributed by atoms with Crippen molar-refractivity contribution in [1.82, 2.24) is 4.72 Å². The van der Waals surface area contributed by atoms with Crippen LogP contribution in [-0.4, -0.2) is 27.9 Å². The molecular weight excluding hydrogens is 416 g/mol. The normalized spacial score (nSPS) is 21.5. The molecule has 1 aliphatic heterocycles. The molecule has 0 radical (unpaired) electrons. The van der Waals surface area contributed by atoms with Crippen LogP contribution in [0.4, 0.5) is 5.69 Å². The number of hydrogen-bond acceptors (Lipinski definition) is 3. The van der Waals surface area contributed by atoms with E-state index in [2.05, 4.69) is 32.8 Å². The number of anilines is 1. The molecule has 2 aromatic carbocycles. The highest BCUT2D eigenvalue weighted by Gasteiger charge is 2.47. The molecule has 136 valence electrons. The van der Waals surface area contributed by atoms with Crippen LogP contribution in [0.3, 0.4) is 0 Å². The molecule has 0 bridgehead atoms. The molecule has 2 aromatic rings. The minimum Gasteiger partial charge on any atom is -0.312 e. The van der Waals surface area contributed by atoms with Crippen molar-refractivity contribution < 1.29 is 13.2 Å². The van der Waals surface area contributed by atoms with E-state index in [1.807, 2.05) is 17.0 Å². The Labute approximate surface area is 161 Å². The first-order valence-corrected chi connectivity index (χ1v) is 10.8. The van der Waals surface area contributed by atoms with Crippen LogP contribution in [0.5, 0.6) is 0 Å². The van der Waals surface area contributed by atoms with Gasteiger partial charge in [0, 0.05) is 22.6 Å². The molecule has 26 heavy (non-hydrogen) atoms. The summed E-state index contributed by atoms with van der Waals surface area (Å²) in [4.78, 5) is 15.0. The number of nitrogens with zero attached hydrogens (tertiary/aromatic N) is 1. The second-order valence-corrected chi connectivity index (χ2v) is 9.54. The molecule has 2 atom stereocenters. The molecule has 0 aromatic heterocycles. The molecule has 0 saturated heterocycles. The Morgan fingerprint density at radius 2 is 2.04 bits per heavy atom. The highest BCUT2D eigenvalue weighted by molar-refractivity contribution is 9.10. The molecule has 2 aliphatic rings. The maximum absolute atomic E-state index is 13.0. The first-order valence-electron chi connectivity index (χ1n) is 8.54. The Morgan fingerprint density at radius 3 is 2.77 bits per heavy atom. The van der Waals surface area contributed by atoms with Gasteiger partial charge >= 0.3 is 0 Å². The van der Waals surface area contributed by atoms with Crippen molar-refractivity contribution in [3.63, 3.8) is 0 Å². The average Bonchev–Trinajstić information content (AvgIpc) is 3.33. The summed E-state index contributed by atoms with van der Waals surface area (Å²) in [6.45, 7) is 0.610. The second kappa shape index (κ2) is 6.48. The van der Waals surface area contributed by atoms with E-state index in [4.69, 9.17) is 0 Å². The minimum atomic E-state index is -3.47. The van der Waals surface area contributed by atoms with Gasteiger partial charge in [0.1, 0.15) is 0 Å². The summed E-state index contributed by atoms with van der Waals surface area (Å²) in [6.07, 6.45) is 1.55. The van der Waals surface area contributed by atoms with Gasteiger partial charge in [-0.25, -0.2) is 13.1 Å². The molecule has 2 unspecified atom stereocenters. The number of carbonyl (C=O) groups is 1. The van der Waals surface area contributed by atoms with Crippen LogP contribution in [0.25, 0.3) is 0 Å². The summed E-state index contributed by atoms with van der Waals surface area (Å²) >= 11 is 3.48. The number of rotatable bonds is 4. The molecule has 0 spiro atoms. The van der Waals surface area contributed by atoms with Crippen LogP contribution in [0.2, 0.25) is 0 Å². The van der Waals surface area contributed by atoms with Crippen molar-refractivity contribution in [2.45, 2.75) is 23.7 Å². The third kappa shape index (κ3) is 3.08.